The number of likely N-dealkylation sites (N-methyl/N-ethyl adjacent to an activating group) is 1. The number of fused-ring (bicyclic) bond motifs is 15. The summed E-state index contributed by atoms with van der Waals surface area (Å²) in [7, 11) is 1.50. The molecule has 4 saturated carbocycles. The molecule has 34 nitrogen and oxygen atoms in total. The van der Waals surface area contributed by atoms with Crippen LogP contribution in [0.25, 0.3) is 11.1 Å². The summed E-state index contributed by atoms with van der Waals surface area (Å²) in [5.74, 6) is -12.6. The van der Waals surface area contributed by atoms with Gasteiger partial charge in [0.05, 0.1) is 28.9 Å². The zero-order valence-corrected chi connectivity index (χ0v) is 67.8. The molecule has 6 aromatic carbocycles. The first kappa shape index (κ1) is 86.8. The van der Waals surface area contributed by atoms with Crippen LogP contribution in [0.5, 0.6) is 46.0 Å². The van der Waals surface area contributed by atoms with Crippen molar-refractivity contribution in [3.8, 4) is 57.1 Å². The normalized spacial score (nSPS) is 27.2. The number of urea groups is 1. The molecule has 6 heterocycles. The van der Waals surface area contributed by atoms with Gasteiger partial charge >= 0.3 is 6.03 Å². The number of aromatic hydroxyl groups is 3. The number of phenols is 3. The molecule has 4 aliphatic carbocycles. The summed E-state index contributed by atoms with van der Waals surface area (Å²) in [5, 5.41) is 128. The number of anilines is 3. The summed E-state index contributed by atoms with van der Waals surface area (Å²) in [6, 6.07) is 5.06. The smallest absolute Gasteiger partial charge is 0.325 e. The fraction of sp³-hybridized carbons (Fsp3) is 0.471. The molecule has 10 amide bonds. The van der Waals surface area contributed by atoms with E-state index in [0.717, 1.165) is 100 Å². The number of halogens is 1. The van der Waals surface area contributed by atoms with Crippen LogP contribution in [0.1, 0.15) is 162 Å². The highest BCUT2D eigenvalue weighted by Crippen LogP contribution is 2.55. The Labute approximate surface area is 696 Å². The average molecular weight is 1680 g/mol. The molecule has 0 radical (unpaired) electrons. The molecule has 1 saturated heterocycles. The van der Waals surface area contributed by atoms with Crippen molar-refractivity contribution in [2.45, 2.75) is 196 Å². The van der Waals surface area contributed by atoms with Crippen LogP contribution in [0, 0.1) is 36.5 Å². The standard InChI is InChI=1S/C85H104ClN13O21/c1-7-9-19-89-47-14-15-52(90-20-10-8-2)53(32-47)92-85(116)93-63(103)35-55-78(110)95-67-46-30-60(117-58-17-12-42(22-38(58)5)71(104)69(82(114)91-55)98-77(109)54(88-6)21-37(3)4)76(120-84-75(108)74(107)73(106)62(36-87)119-84)61(31-46)118-59-18-13-43(29-51(59)86)72(105)70-83(115)97-68(81(113)94-65-44-24-39-23-40(26-44)27-45(65)25-39)50-33-48(100)34-57(102)64(50)49-28-41(11-16-56(49)101)66(79(111)99-70)96-80(67)112/h11-18,22,28-34,37,39-40,44-45,54-55,62,65-75,84,88-90,100-102,104-108H,7-10,19-21,23-27,35-36,87H2,1-6H3,(H,91,114)(H,94,113)(H,95,110)(H,96,112)(H,97,115)(H,98,109)(H,99,111)(H2,92,93,103,116)/t39?,40?,44?,45?,54-,55+,62-,65?,66-,67-,68+,69-,70+,71-,72-,73-,74+,75-,84+/m1/s1. The molecule has 35 heteroatoms. The summed E-state index contributed by atoms with van der Waals surface area (Å²) in [6.07, 6.45) is -6.67. The van der Waals surface area contributed by atoms with E-state index in [-0.39, 0.29) is 91.4 Å². The number of unbranched alkanes of at least 4 members (excludes halogenated alkanes) is 2. The van der Waals surface area contributed by atoms with Crippen LogP contribution in [-0.2, 0) is 43.1 Å². The molecular formula is C85H104ClN13O21. The third-order valence-corrected chi connectivity index (χ3v) is 23.7. The monoisotopic (exact) mass is 1680 g/mol. The van der Waals surface area contributed by atoms with Gasteiger partial charge in [-0.25, -0.2) is 4.79 Å². The van der Waals surface area contributed by atoms with Crippen molar-refractivity contribution in [2.75, 3.05) is 42.6 Å². The number of hydrogen-bond acceptors (Lipinski definition) is 25. The lowest BCUT2D eigenvalue weighted by molar-refractivity contribution is -0.270. The number of imide groups is 1. The number of aliphatic hydroxyl groups is 5. The summed E-state index contributed by atoms with van der Waals surface area (Å²) < 4.78 is 26.0. The molecule has 22 N–H and O–H groups in total. The van der Waals surface area contributed by atoms with E-state index in [1.54, 1.807) is 18.2 Å². The van der Waals surface area contributed by atoms with Crippen molar-refractivity contribution in [1.29, 1.82) is 0 Å². The average Bonchev–Trinajstić information content (AvgIpc) is 0.754. The molecular weight excluding hydrogens is 1570 g/mol. The van der Waals surface area contributed by atoms with Gasteiger partial charge in [-0.15, -0.1) is 0 Å². The topological polar surface area (TPSA) is 523 Å². The molecule has 10 aliphatic rings. The highest BCUT2D eigenvalue weighted by molar-refractivity contribution is 6.32. The van der Waals surface area contributed by atoms with Crippen LogP contribution in [0.15, 0.2) is 97.1 Å². The Hall–Kier alpha value is -11.1. The van der Waals surface area contributed by atoms with Crippen LogP contribution in [0.2, 0.25) is 5.02 Å². The van der Waals surface area contributed by atoms with E-state index in [9.17, 15) is 55.2 Å². The van der Waals surface area contributed by atoms with Gasteiger partial charge in [0, 0.05) is 48.6 Å². The van der Waals surface area contributed by atoms with Gasteiger partial charge in [0.25, 0.3) is 0 Å². The number of carbonyl (C=O) groups excluding carboxylic acids is 9. The van der Waals surface area contributed by atoms with Gasteiger partial charge in [-0.3, -0.25) is 43.7 Å². The maximum absolute atomic E-state index is 16.5. The molecule has 0 spiro atoms. The van der Waals surface area contributed by atoms with E-state index in [0.29, 0.717) is 36.3 Å². The van der Waals surface area contributed by atoms with Gasteiger partial charge in [-0.05, 0) is 201 Å². The lowest BCUT2D eigenvalue weighted by atomic mass is 9.54. The predicted molar refractivity (Wildman–Crippen MR) is 437 cm³/mol. The van der Waals surface area contributed by atoms with Crippen LogP contribution in [0.3, 0.4) is 0 Å². The van der Waals surface area contributed by atoms with Gasteiger partial charge in [0.2, 0.25) is 59.3 Å². The number of nitrogens with two attached hydrogens (primary N) is 1. The number of aryl methyl sites for hydroxylation is 1. The van der Waals surface area contributed by atoms with E-state index in [1.807, 2.05) is 27.7 Å². The molecule has 0 aromatic heterocycles. The molecule has 6 aromatic rings. The number of aliphatic hydroxyl groups excluding tert-OH is 5. The zero-order valence-electron chi connectivity index (χ0n) is 67.0. The Morgan fingerprint density at radius 3 is 1.93 bits per heavy atom. The zero-order chi connectivity index (χ0) is 85.8. The SMILES string of the molecule is CCCCNc1ccc(NCCCC)c(NC(=O)NC(=O)C[C@@H]2NC(=O)[C@H](NC(=O)[C@@H](CC(C)C)NC)[C@H](O)c3ccc(c(C)c3)Oc3cc4cc(c3O[C@@H]3O[C@H](CN)[C@@H](O)[C@H](O)[C@H]3O)Oc3ccc(cc3Cl)[C@@H](O)[C@@H]3NC(=O)[C@H](NC(=O)[C@@H]4NC2=O)c2ccc(O)c(c2)-c2c(O)cc(O)cc2[C@@H](C(=O)NC2C4CC5CC(C4)CC2C5)NC3=O)c1. The number of phenolic OH excluding ortho intramolecular Hbond substituents is 3. The van der Waals surface area contributed by atoms with Gasteiger partial charge in [-0.1, -0.05) is 70.3 Å². The van der Waals surface area contributed by atoms with Crippen LogP contribution in [-0.4, -0.2) is 182 Å². The second-order valence-electron chi connectivity index (χ2n) is 32.6. The van der Waals surface area contributed by atoms with E-state index < -0.39 is 192 Å². The first-order valence-electron chi connectivity index (χ1n) is 40.7. The molecule has 14 atom stereocenters. The van der Waals surface area contributed by atoms with Gasteiger partial charge in [0.15, 0.2) is 11.5 Å². The minimum Gasteiger partial charge on any atom is -0.508 e. The first-order chi connectivity index (χ1) is 57.4. The fourth-order valence-electron chi connectivity index (χ4n) is 17.4. The highest BCUT2D eigenvalue weighted by Gasteiger charge is 2.51. The third-order valence-electron chi connectivity index (χ3n) is 23.5. The van der Waals surface area contributed by atoms with E-state index >= 15 is 28.8 Å². The number of benzene rings is 6. The van der Waals surface area contributed by atoms with E-state index in [4.69, 9.17) is 36.3 Å². The minimum absolute atomic E-state index is 0.0369. The number of rotatable bonds is 21. The Morgan fingerprint density at radius 2 is 1.27 bits per heavy atom. The lowest BCUT2D eigenvalue weighted by Gasteiger charge is -2.54. The molecule has 0 unspecified atom stereocenters. The number of carbonyl (C=O) groups is 9. The highest BCUT2D eigenvalue weighted by atomic mass is 35.5. The molecule has 16 rings (SSSR count). The Kier molecular flexibility index (Phi) is 27.0. The Balaban J connectivity index is 0.987. The quantitative estimate of drug-likeness (QED) is 0.0388. The largest absolute Gasteiger partial charge is 0.508 e. The molecule has 120 heavy (non-hydrogen) atoms. The number of ether oxygens (including phenoxy) is 4. The number of amides is 10. The first-order valence-corrected chi connectivity index (χ1v) is 41.0. The number of hydrogen-bond donors (Lipinski definition) is 21. The molecule has 5 fully saturated rings. The fourth-order valence-corrected chi connectivity index (χ4v) is 17.6. The molecule has 642 valence electrons. The van der Waals surface area contributed by atoms with Crippen molar-refractivity contribution in [3.63, 3.8) is 0 Å². The van der Waals surface area contributed by atoms with Gasteiger partial charge in [-0.2, -0.15) is 0 Å². The second kappa shape index (κ2) is 37.3. The summed E-state index contributed by atoms with van der Waals surface area (Å²) in [5.41, 5.74) is 5.64. The van der Waals surface area contributed by atoms with E-state index in [1.165, 1.54) is 50.4 Å². The third kappa shape index (κ3) is 19.1. The maximum atomic E-state index is 16.5. The Bertz CT molecular complexity index is 4870. The molecule has 6 aliphatic heterocycles. The van der Waals surface area contributed by atoms with Crippen molar-refractivity contribution in [1.82, 2.24) is 47.9 Å². The van der Waals surface area contributed by atoms with Crippen molar-refractivity contribution >= 4 is 82.0 Å². The lowest BCUT2D eigenvalue weighted by Crippen LogP contribution is -2.60. The van der Waals surface area contributed by atoms with Crippen molar-refractivity contribution in [3.05, 3.63) is 135 Å². The second-order valence-corrected chi connectivity index (χ2v) is 33.0. The maximum Gasteiger partial charge on any atom is 0.325 e. The van der Waals surface area contributed by atoms with Gasteiger partial charge < -0.3 is 124 Å². The van der Waals surface area contributed by atoms with E-state index in [2.05, 4.69) is 63.8 Å². The van der Waals surface area contributed by atoms with Gasteiger partial charge in [0.1, 0.15) is 102 Å². The van der Waals surface area contributed by atoms with Crippen LogP contribution >= 0.6 is 11.6 Å². The minimum atomic E-state index is -2.35. The summed E-state index contributed by atoms with van der Waals surface area (Å²) >= 11 is 7.22. The predicted octanol–water partition coefficient (Wildman–Crippen LogP) is 5.63. The Morgan fingerprint density at radius 1 is 0.625 bits per heavy atom. The van der Waals surface area contributed by atoms with Crippen LogP contribution in [0.4, 0.5) is 21.9 Å². The van der Waals surface area contributed by atoms with Crippen molar-refractivity contribution in [2.24, 2.45) is 35.3 Å². The summed E-state index contributed by atoms with van der Waals surface area (Å²) in [4.78, 5) is 139. The molecule has 15 bridgehead atoms. The number of nitrogens with one attached hydrogen (secondary N) is 12. The summed E-state index contributed by atoms with van der Waals surface area (Å²) in [6.45, 7) is 9.87. The van der Waals surface area contributed by atoms with Crippen LogP contribution < -0.4 is 83.7 Å². The van der Waals surface area contributed by atoms with Crippen molar-refractivity contribution < 1.29 is 103 Å².